The minimum absolute atomic E-state index is 0.139. The van der Waals surface area contributed by atoms with Gasteiger partial charge in [0.2, 0.25) is 5.82 Å². The summed E-state index contributed by atoms with van der Waals surface area (Å²) in [6, 6.07) is 41.3. The Labute approximate surface area is 277 Å². The lowest BCUT2D eigenvalue weighted by Crippen LogP contribution is -2.03. The molecule has 8 rings (SSSR count). The van der Waals surface area contributed by atoms with Crippen molar-refractivity contribution in [2.45, 2.75) is 0 Å². The van der Waals surface area contributed by atoms with Crippen molar-refractivity contribution in [3.63, 3.8) is 0 Å². The van der Waals surface area contributed by atoms with Crippen molar-refractivity contribution in [3.8, 4) is 56.4 Å². The van der Waals surface area contributed by atoms with Crippen LogP contribution in [-0.4, -0.2) is 15.0 Å². The number of halogens is 5. The van der Waals surface area contributed by atoms with Crippen LogP contribution in [0.3, 0.4) is 0 Å². The quantitative estimate of drug-likeness (QED) is 0.106. The van der Waals surface area contributed by atoms with Gasteiger partial charge in [0, 0.05) is 16.7 Å². The van der Waals surface area contributed by atoms with Crippen LogP contribution in [0.4, 0.5) is 22.0 Å². The summed E-state index contributed by atoms with van der Waals surface area (Å²) < 4.78 is 70.0. The molecule has 0 saturated carbocycles. The van der Waals surface area contributed by atoms with Gasteiger partial charge in [0.25, 0.3) is 0 Å². The van der Waals surface area contributed by atoms with Gasteiger partial charge in [-0.15, -0.1) is 0 Å². The van der Waals surface area contributed by atoms with E-state index in [0.717, 1.165) is 43.8 Å². The summed E-state index contributed by atoms with van der Waals surface area (Å²) in [7, 11) is 0. The first-order chi connectivity index (χ1) is 23.9. The molecule has 0 fully saturated rings. The molecular formula is C41H22F5N3. The minimum Gasteiger partial charge on any atom is -0.208 e. The Hall–Kier alpha value is -6.28. The first kappa shape index (κ1) is 30.1. The predicted molar refractivity (Wildman–Crippen MR) is 182 cm³/mol. The Kier molecular flexibility index (Phi) is 7.41. The number of hydrogen-bond donors (Lipinski definition) is 0. The van der Waals surface area contributed by atoms with E-state index in [9.17, 15) is 22.0 Å². The highest BCUT2D eigenvalue weighted by Crippen LogP contribution is 2.35. The third-order valence-electron chi connectivity index (χ3n) is 8.56. The Morgan fingerprint density at radius 1 is 0.306 bits per heavy atom. The zero-order chi connectivity index (χ0) is 33.6. The second kappa shape index (κ2) is 12.1. The maximum Gasteiger partial charge on any atom is 0.200 e. The van der Waals surface area contributed by atoms with E-state index in [2.05, 4.69) is 0 Å². The van der Waals surface area contributed by atoms with Crippen molar-refractivity contribution in [1.82, 2.24) is 15.0 Å². The van der Waals surface area contributed by atoms with Crippen LogP contribution >= 0.6 is 0 Å². The van der Waals surface area contributed by atoms with Crippen LogP contribution in [0.15, 0.2) is 133 Å². The van der Waals surface area contributed by atoms with Crippen LogP contribution in [0.1, 0.15) is 0 Å². The number of rotatable bonds is 5. The van der Waals surface area contributed by atoms with Crippen molar-refractivity contribution in [2.75, 3.05) is 0 Å². The number of fused-ring (bicyclic) bond motifs is 2. The van der Waals surface area contributed by atoms with E-state index >= 15 is 0 Å². The summed E-state index contributed by atoms with van der Waals surface area (Å²) in [4.78, 5) is 14.8. The van der Waals surface area contributed by atoms with Crippen LogP contribution < -0.4 is 0 Å². The largest absolute Gasteiger partial charge is 0.208 e. The van der Waals surface area contributed by atoms with Gasteiger partial charge in [-0.2, -0.15) is 0 Å². The number of aromatic nitrogens is 3. The highest BCUT2D eigenvalue weighted by Gasteiger charge is 2.26. The number of hydrogen-bond acceptors (Lipinski definition) is 3. The van der Waals surface area contributed by atoms with Crippen LogP contribution in [0.25, 0.3) is 78.0 Å². The highest BCUT2D eigenvalue weighted by atomic mass is 19.2. The van der Waals surface area contributed by atoms with Gasteiger partial charge in [-0.05, 0) is 38.2 Å². The molecule has 0 bridgehead atoms. The number of nitrogens with zero attached hydrogens (tertiary/aromatic N) is 3. The Morgan fingerprint density at radius 3 is 1.16 bits per heavy atom. The molecule has 0 atom stereocenters. The fraction of sp³-hybridized carbons (Fsp3) is 0. The van der Waals surface area contributed by atoms with Crippen LogP contribution in [0.2, 0.25) is 0 Å². The molecule has 0 aliphatic heterocycles. The lowest BCUT2D eigenvalue weighted by atomic mass is 9.98. The fourth-order valence-corrected chi connectivity index (χ4v) is 6.09. The summed E-state index contributed by atoms with van der Waals surface area (Å²) in [5.74, 6) is -8.40. The first-order valence-corrected chi connectivity index (χ1v) is 15.3. The van der Waals surface area contributed by atoms with Gasteiger partial charge in [-0.1, -0.05) is 133 Å². The standard InChI is InChI=1S/C41H22F5N3/c42-34-33(35(43)37(45)38(46)36(34)44)27-19-15-23(16-20-27)24-17-21-28(22-18-24)39-47-40(31-13-5-9-25-7-1-3-11-29(25)31)49-41(48-39)32-14-6-10-26-8-2-4-12-30(26)32/h1-22H. The van der Waals surface area contributed by atoms with Crippen LogP contribution in [-0.2, 0) is 0 Å². The van der Waals surface area contributed by atoms with E-state index in [0.29, 0.717) is 23.0 Å². The molecule has 0 aliphatic carbocycles. The van der Waals surface area contributed by atoms with Crippen molar-refractivity contribution in [3.05, 3.63) is 163 Å². The molecule has 3 nitrogen and oxygen atoms in total. The molecule has 1 aromatic heterocycles. The molecule has 8 heteroatoms. The third kappa shape index (κ3) is 5.27. The predicted octanol–water partition coefficient (Wildman–Crippen LogP) is 11.2. The average molecular weight is 652 g/mol. The molecule has 0 aliphatic rings. The smallest absolute Gasteiger partial charge is 0.200 e. The maximum atomic E-state index is 14.4. The van der Waals surface area contributed by atoms with E-state index in [-0.39, 0.29) is 5.56 Å². The maximum absolute atomic E-state index is 14.4. The molecule has 0 spiro atoms. The topological polar surface area (TPSA) is 38.7 Å². The lowest BCUT2D eigenvalue weighted by molar-refractivity contribution is 0.381. The molecule has 0 N–H and O–H groups in total. The second-order valence-corrected chi connectivity index (χ2v) is 11.5. The minimum atomic E-state index is -2.19. The molecule has 8 aromatic rings. The van der Waals surface area contributed by atoms with Crippen LogP contribution in [0, 0.1) is 29.1 Å². The summed E-state index contributed by atoms with van der Waals surface area (Å²) in [6.45, 7) is 0. The van der Waals surface area contributed by atoms with Gasteiger partial charge in [0.1, 0.15) is 0 Å². The first-order valence-electron chi connectivity index (χ1n) is 15.3. The Balaban J connectivity index is 1.21. The summed E-state index contributed by atoms with van der Waals surface area (Å²) >= 11 is 0. The van der Waals surface area contributed by atoms with Crippen molar-refractivity contribution < 1.29 is 22.0 Å². The van der Waals surface area contributed by atoms with E-state index in [1.54, 1.807) is 12.1 Å². The van der Waals surface area contributed by atoms with Gasteiger partial charge in [-0.25, -0.2) is 36.9 Å². The second-order valence-electron chi connectivity index (χ2n) is 11.5. The van der Waals surface area contributed by atoms with Gasteiger partial charge >= 0.3 is 0 Å². The van der Waals surface area contributed by atoms with Gasteiger partial charge in [0.05, 0.1) is 5.56 Å². The summed E-state index contributed by atoms with van der Waals surface area (Å²) in [5.41, 5.74) is 2.78. The molecule has 7 aromatic carbocycles. The van der Waals surface area contributed by atoms with E-state index in [4.69, 9.17) is 15.0 Å². The normalized spacial score (nSPS) is 11.4. The zero-order valence-electron chi connectivity index (χ0n) is 25.4. The third-order valence-corrected chi connectivity index (χ3v) is 8.56. The molecule has 0 amide bonds. The van der Waals surface area contributed by atoms with Crippen molar-refractivity contribution >= 4 is 21.5 Å². The zero-order valence-corrected chi connectivity index (χ0v) is 25.4. The van der Waals surface area contributed by atoms with Crippen molar-refractivity contribution in [2.24, 2.45) is 0 Å². The summed E-state index contributed by atoms with van der Waals surface area (Å²) in [6.07, 6.45) is 0. The number of benzene rings is 7. The van der Waals surface area contributed by atoms with E-state index in [1.807, 2.05) is 109 Å². The molecule has 0 unspecified atom stereocenters. The SMILES string of the molecule is Fc1c(F)c(F)c(-c2ccc(-c3ccc(-c4nc(-c5cccc6ccccc56)nc(-c5cccc6ccccc56)n4)cc3)cc2)c(F)c1F. The van der Waals surface area contributed by atoms with Crippen LogP contribution in [0.5, 0.6) is 0 Å². The fourth-order valence-electron chi connectivity index (χ4n) is 6.09. The summed E-state index contributed by atoms with van der Waals surface area (Å²) in [5, 5.41) is 4.14. The lowest BCUT2D eigenvalue weighted by Gasteiger charge is -2.12. The average Bonchev–Trinajstić information content (AvgIpc) is 3.16. The van der Waals surface area contributed by atoms with E-state index < -0.39 is 34.6 Å². The van der Waals surface area contributed by atoms with Gasteiger partial charge in [-0.3, -0.25) is 0 Å². The molecule has 0 saturated heterocycles. The van der Waals surface area contributed by atoms with Gasteiger partial charge < -0.3 is 0 Å². The molecule has 1 heterocycles. The monoisotopic (exact) mass is 651 g/mol. The Morgan fingerprint density at radius 2 is 0.673 bits per heavy atom. The van der Waals surface area contributed by atoms with Crippen molar-refractivity contribution in [1.29, 1.82) is 0 Å². The molecule has 236 valence electrons. The highest BCUT2D eigenvalue weighted by molar-refractivity contribution is 5.97. The van der Waals surface area contributed by atoms with E-state index in [1.165, 1.54) is 12.1 Å². The molecule has 49 heavy (non-hydrogen) atoms. The Bertz CT molecular complexity index is 2410. The molecule has 0 radical (unpaired) electrons. The van der Waals surface area contributed by atoms with Gasteiger partial charge in [0.15, 0.2) is 40.7 Å². The molecular weight excluding hydrogens is 629 g/mol.